The Kier molecular flexibility index (Phi) is 3.83. The highest BCUT2D eigenvalue weighted by atomic mass is 32.2. The summed E-state index contributed by atoms with van der Waals surface area (Å²) in [6.07, 6.45) is 4.52. The van der Waals surface area contributed by atoms with Gasteiger partial charge in [0.05, 0.1) is 17.0 Å². The topological polar surface area (TPSA) is 73.8 Å². The maximum atomic E-state index is 10.6. The van der Waals surface area contributed by atoms with E-state index in [1.54, 1.807) is 22.6 Å². The number of hydrogen-bond acceptors (Lipinski definition) is 5. The van der Waals surface area contributed by atoms with Crippen molar-refractivity contribution in [3.05, 3.63) is 59.0 Å². The van der Waals surface area contributed by atoms with E-state index < -0.39 is 4.92 Å². The van der Waals surface area contributed by atoms with Gasteiger partial charge in [-0.25, -0.2) is 0 Å². The van der Waals surface area contributed by atoms with Crippen molar-refractivity contribution in [2.45, 2.75) is 11.4 Å². The molecule has 6 nitrogen and oxygen atoms in total. The van der Waals surface area contributed by atoms with Crippen molar-refractivity contribution in [2.75, 3.05) is 5.75 Å². The number of benzene rings is 1. The van der Waals surface area contributed by atoms with Crippen LogP contribution in [0, 0.1) is 10.1 Å². The van der Waals surface area contributed by atoms with Crippen LogP contribution in [0.25, 0.3) is 10.9 Å². The molecule has 0 saturated heterocycles. The summed E-state index contributed by atoms with van der Waals surface area (Å²) in [4.78, 5) is 15.6. The second-order valence-electron chi connectivity index (χ2n) is 4.39. The molecule has 0 aliphatic heterocycles. The zero-order valence-corrected chi connectivity index (χ0v) is 11.9. The number of para-hydroxylation sites is 1. The molecule has 0 bridgehead atoms. The minimum absolute atomic E-state index is 0.0226. The predicted molar refractivity (Wildman–Crippen MR) is 81.3 cm³/mol. The van der Waals surface area contributed by atoms with Gasteiger partial charge >= 0.3 is 5.69 Å². The van der Waals surface area contributed by atoms with Crippen LogP contribution in [0.3, 0.4) is 0 Å². The zero-order valence-electron chi connectivity index (χ0n) is 11.0. The molecule has 21 heavy (non-hydrogen) atoms. The van der Waals surface area contributed by atoms with E-state index in [0.29, 0.717) is 6.54 Å². The highest BCUT2D eigenvalue weighted by molar-refractivity contribution is 7.99. The van der Waals surface area contributed by atoms with Gasteiger partial charge in [0, 0.05) is 22.2 Å². The van der Waals surface area contributed by atoms with Crippen LogP contribution in [0.1, 0.15) is 0 Å². The number of pyridine rings is 1. The number of rotatable bonds is 5. The summed E-state index contributed by atoms with van der Waals surface area (Å²) in [5.41, 5.74) is 0.992. The Balaban J connectivity index is 1.68. The molecule has 0 aliphatic carbocycles. The number of aryl methyl sites for hydroxylation is 1. The lowest BCUT2D eigenvalue weighted by atomic mass is 10.2. The van der Waals surface area contributed by atoms with Crippen LogP contribution >= 0.6 is 11.8 Å². The molecule has 1 aromatic carbocycles. The molecule has 3 aromatic rings. The monoisotopic (exact) mass is 300 g/mol. The van der Waals surface area contributed by atoms with Gasteiger partial charge in [-0.3, -0.25) is 19.8 Å². The molecule has 2 aromatic heterocycles. The first-order valence-electron chi connectivity index (χ1n) is 6.37. The highest BCUT2D eigenvalue weighted by Gasteiger charge is 2.08. The van der Waals surface area contributed by atoms with Crippen molar-refractivity contribution in [3.8, 4) is 0 Å². The standard InChI is InChI=1S/C14H12N4O2S/c19-18(20)11-9-16-17(10-11)7-8-21-14-5-6-15-13-4-2-1-3-12(13)14/h1-6,9-10H,7-8H2. The summed E-state index contributed by atoms with van der Waals surface area (Å²) >= 11 is 1.69. The Labute approximate surface area is 125 Å². The van der Waals surface area contributed by atoms with Crippen LogP contribution in [0.4, 0.5) is 5.69 Å². The van der Waals surface area contributed by atoms with Crippen LogP contribution in [-0.2, 0) is 6.54 Å². The quantitative estimate of drug-likeness (QED) is 0.411. The van der Waals surface area contributed by atoms with Gasteiger partial charge in [0.25, 0.3) is 0 Å². The van der Waals surface area contributed by atoms with E-state index in [9.17, 15) is 10.1 Å². The molecule has 0 saturated carbocycles. The second-order valence-corrected chi connectivity index (χ2v) is 5.53. The summed E-state index contributed by atoms with van der Waals surface area (Å²) < 4.78 is 1.59. The summed E-state index contributed by atoms with van der Waals surface area (Å²) in [6.45, 7) is 0.620. The SMILES string of the molecule is O=[N+]([O-])c1cnn(CCSc2ccnc3ccccc23)c1. The number of aromatic nitrogens is 3. The van der Waals surface area contributed by atoms with Crippen LogP contribution in [0.15, 0.2) is 53.8 Å². The summed E-state index contributed by atoms with van der Waals surface area (Å²) in [5.74, 6) is 0.785. The summed E-state index contributed by atoms with van der Waals surface area (Å²) in [5, 5.41) is 15.7. The summed E-state index contributed by atoms with van der Waals surface area (Å²) in [6, 6.07) is 9.97. The number of nitro groups is 1. The fourth-order valence-electron chi connectivity index (χ4n) is 2.01. The van der Waals surface area contributed by atoms with Crippen molar-refractivity contribution in [1.29, 1.82) is 0 Å². The van der Waals surface area contributed by atoms with E-state index in [1.165, 1.54) is 12.4 Å². The van der Waals surface area contributed by atoms with E-state index in [2.05, 4.69) is 10.1 Å². The van der Waals surface area contributed by atoms with Gasteiger partial charge in [-0.15, -0.1) is 11.8 Å². The molecule has 0 unspecified atom stereocenters. The van der Waals surface area contributed by atoms with Crippen molar-refractivity contribution in [3.63, 3.8) is 0 Å². The number of hydrogen-bond donors (Lipinski definition) is 0. The molecule has 0 atom stereocenters. The first-order valence-corrected chi connectivity index (χ1v) is 7.36. The van der Waals surface area contributed by atoms with Gasteiger partial charge in [0.1, 0.15) is 12.4 Å². The Morgan fingerprint density at radius 2 is 2.14 bits per heavy atom. The molecular formula is C14H12N4O2S. The van der Waals surface area contributed by atoms with Crippen LogP contribution < -0.4 is 0 Å². The third-order valence-corrected chi connectivity index (χ3v) is 4.07. The molecule has 0 N–H and O–H groups in total. The molecule has 106 valence electrons. The fourth-order valence-corrected chi connectivity index (χ4v) is 3.00. The van der Waals surface area contributed by atoms with Gasteiger partial charge in [0.2, 0.25) is 0 Å². The minimum Gasteiger partial charge on any atom is -0.265 e. The van der Waals surface area contributed by atoms with Crippen molar-refractivity contribution >= 4 is 28.4 Å². The van der Waals surface area contributed by atoms with Crippen LogP contribution in [0.5, 0.6) is 0 Å². The average molecular weight is 300 g/mol. The van der Waals surface area contributed by atoms with Crippen LogP contribution in [0.2, 0.25) is 0 Å². The molecule has 0 radical (unpaired) electrons. The maximum absolute atomic E-state index is 10.6. The smallest absolute Gasteiger partial charge is 0.265 e. The zero-order chi connectivity index (χ0) is 14.7. The lowest BCUT2D eigenvalue weighted by Gasteiger charge is -2.05. The molecule has 0 amide bonds. The second kappa shape index (κ2) is 5.92. The van der Waals surface area contributed by atoms with Gasteiger partial charge in [0.15, 0.2) is 0 Å². The largest absolute Gasteiger partial charge is 0.306 e. The third kappa shape index (κ3) is 3.03. The third-order valence-electron chi connectivity index (χ3n) is 3.02. The fraction of sp³-hybridized carbons (Fsp3) is 0.143. The van der Waals surface area contributed by atoms with Crippen LogP contribution in [-0.4, -0.2) is 25.4 Å². The molecular weight excluding hydrogens is 288 g/mol. The molecule has 0 fully saturated rings. The Bertz CT molecular complexity index is 782. The van der Waals surface area contributed by atoms with E-state index in [-0.39, 0.29) is 5.69 Å². The van der Waals surface area contributed by atoms with E-state index in [0.717, 1.165) is 21.6 Å². The van der Waals surface area contributed by atoms with Gasteiger partial charge in [-0.05, 0) is 12.1 Å². The minimum atomic E-state index is -0.437. The Hall–Kier alpha value is -2.41. The number of nitrogens with zero attached hydrogens (tertiary/aromatic N) is 4. The summed E-state index contributed by atoms with van der Waals surface area (Å²) in [7, 11) is 0. The first-order chi connectivity index (χ1) is 10.2. The maximum Gasteiger partial charge on any atom is 0.306 e. The lowest BCUT2D eigenvalue weighted by molar-refractivity contribution is -0.385. The molecule has 7 heteroatoms. The van der Waals surface area contributed by atoms with Crippen molar-refractivity contribution in [2.24, 2.45) is 0 Å². The average Bonchev–Trinajstić information content (AvgIpc) is 2.97. The van der Waals surface area contributed by atoms with Gasteiger partial charge in [-0.1, -0.05) is 18.2 Å². The van der Waals surface area contributed by atoms with Gasteiger partial charge in [-0.2, -0.15) is 5.10 Å². The molecule has 3 rings (SSSR count). The van der Waals surface area contributed by atoms with Crippen molar-refractivity contribution in [1.82, 2.24) is 14.8 Å². The lowest BCUT2D eigenvalue weighted by Crippen LogP contribution is -2.00. The highest BCUT2D eigenvalue weighted by Crippen LogP contribution is 2.26. The predicted octanol–water partition coefficient (Wildman–Crippen LogP) is 3.13. The van der Waals surface area contributed by atoms with Gasteiger partial charge < -0.3 is 0 Å². The molecule has 0 aliphatic rings. The normalized spacial score (nSPS) is 10.9. The molecule has 0 spiro atoms. The number of thioether (sulfide) groups is 1. The van der Waals surface area contributed by atoms with Crippen molar-refractivity contribution < 1.29 is 4.92 Å². The van der Waals surface area contributed by atoms with E-state index in [1.807, 2.05) is 30.3 Å². The van der Waals surface area contributed by atoms with E-state index in [4.69, 9.17) is 0 Å². The number of fused-ring (bicyclic) bond motifs is 1. The first kappa shape index (κ1) is 13.6. The molecule has 2 heterocycles. The Morgan fingerprint density at radius 1 is 1.29 bits per heavy atom. The Morgan fingerprint density at radius 3 is 2.95 bits per heavy atom. The van der Waals surface area contributed by atoms with E-state index >= 15 is 0 Å².